The molecule has 50 valence electrons. The summed E-state index contributed by atoms with van der Waals surface area (Å²) in [7, 11) is 1.02. The Kier molecular flexibility index (Phi) is 2.90. The first-order valence-electron chi connectivity index (χ1n) is 3.21. The highest BCUT2D eigenvalue weighted by Crippen LogP contribution is 2.24. The zero-order chi connectivity index (χ0) is 6.53. The van der Waals surface area contributed by atoms with Crippen LogP contribution in [-0.2, 0) is 4.79 Å². The van der Waals surface area contributed by atoms with E-state index >= 15 is 0 Å². The van der Waals surface area contributed by atoms with Gasteiger partial charge in [-0.2, -0.15) is 0 Å². The van der Waals surface area contributed by atoms with Crippen LogP contribution in [0.2, 0.25) is 0 Å². The molecule has 0 spiro atoms. The van der Waals surface area contributed by atoms with Gasteiger partial charge in [0.1, 0.15) is 0 Å². The molecule has 0 aromatic rings. The van der Waals surface area contributed by atoms with Crippen LogP contribution in [0.15, 0.2) is 4.99 Å². The molecular formula is C6H10NOP. The summed E-state index contributed by atoms with van der Waals surface area (Å²) in [5, 5.41) is 0. The van der Waals surface area contributed by atoms with Gasteiger partial charge in [0.25, 0.3) is 0 Å². The SMILES string of the molecule is O=C=NC1CCCPC1. The van der Waals surface area contributed by atoms with Gasteiger partial charge < -0.3 is 0 Å². The largest absolute Gasteiger partial charge is 0.235 e. The Morgan fingerprint density at radius 1 is 1.67 bits per heavy atom. The first-order chi connectivity index (χ1) is 4.43. The predicted molar refractivity (Wildman–Crippen MR) is 39.2 cm³/mol. The molecule has 0 N–H and O–H groups in total. The Morgan fingerprint density at radius 2 is 2.56 bits per heavy atom. The van der Waals surface area contributed by atoms with Crippen molar-refractivity contribution >= 4 is 14.7 Å². The molecule has 0 aliphatic carbocycles. The van der Waals surface area contributed by atoms with Crippen molar-refractivity contribution in [3.63, 3.8) is 0 Å². The van der Waals surface area contributed by atoms with Crippen LogP contribution in [0.3, 0.4) is 0 Å². The standard InChI is InChI=1S/C6H10NOP/c8-5-7-6-2-1-3-9-4-6/h6,9H,1-4H2. The Hall–Kier alpha value is -0.190. The first-order valence-corrected chi connectivity index (χ1v) is 4.62. The normalized spacial score (nSPS) is 29.6. The van der Waals surface area contributed by atoms with E-state index < -0.39 is 0 Å². The number of rotatable bonds is 1. The second-order valence-electron chi connectivity index (χ2n) is 2.22. The van der Waals surface area contributed by atoms with E-state index in [9.17, 15) is 4.79 Å². The third kappa shape index (κ3) is 2.26. The molecule has 1 aliphatic heterocycles. The van der Waals surface area contributed by atoms with Crippen LogP contribution >= 0.6 is 8.58 Å². The third-order valence-corrected chi connectivity index (χ3v) is 2.97. The smallest absolute Gasteiger partial charge is 0.211 e. The van der Waals surface area contributed by atoms with Crippen molar-refractivity contribution in [3.05, 3.63) is 0 Å². The Morgan fingerprint density at radius 3 is 3.11 bits per heavy atom. The second-order valence-corrected chi connectivity index (χ2v) is 3.63. The van der Waals surface area contributed by atoms with Gasteiger partial charge in [-0.1, -0.05) is 0 Å². The molecule has 1 aliphatic rings. The van der Waals surface area contributed by atoms with Gasteiger partial charge in [-0.15, -0.1) is 8.58 Å². The predicted octanol–water partition coefficient (Wildman–Crippen LogP) is 1.16. The highest BCUT2D eigenvalue weighted by molar-refractivity contribution is 7.38. The minimum atomic E-state index is 0.314. The van der Waals surface area contributed by atoms with Crippen molar-refractivity contribution in [2.24, 2.45) is 4.99 Å². The van der Waals surface area contributed by atoms with E-state index in [2.05, 4.69) is 4.99 Å². The van der Waals surface area contributed by atoms with Crippen LogP contribution in [0.5, 0.6) is 0 Å². The molecule has 2 atom stereocenters. The van der Waals surface area contributed by atoms with Crippen LogP contribution < -0.4 is 0 Å². The number of hydrogen-bond acceptors (Lipinski definition) is 2. The molecular weight excluding hydrogens is 133 g/mol. The van der Waals surface area contributed by atoms with Crippen molar-refractivity contribution in [1.82, 2.24) is 0 Å². The molecule has 0 aromatic carbocycles. The van der Waals surface area contributed by atoms with E-state index in [-0.39, 0.29) is 0 Å². The van der Waals surface area contributed by atoms with Gasteiger partial charge >= 0.3 is 0 Å². The van der Waals surface area contributed by atoms with Gasteiger partial charge in [0.2, 0.25) is 6.08 Å². The highest BCUT2D eigenvalue weighted by Gasteiger charge is 2.10. The maximum absolute atomic E-state index is 9.78. The van der Waals surface area contributed by atoms with E-state index in [0.717, 1.165) is 21.2 Å². The van der Waals surface area contributed by atoms with E-state index in [4.69, 9.17) is 0 Å². The number of nitrogens with zero attached hydrogens (tertiary/aromatic N) is 1. The molecule has 9 heavy (non-hydrogen) atoms. The van der Waals surface area contributed by atoms with E-state index in [1.807, 2.05) is 0 Å². The zero-order valence-electron chi connectivity index (χ0n) is 5.26. The molecule has 0 saturated carbocycles. The molecule has 2 nitrogen and oxygen atoms in total. The summed E-state index contributed by atoms with van der Waals surface area (Å²) in [6, 6.07) is 0.314. The van der Waals surface area contributed by atoms with Crippen molar-refractivity contribution < 1.29 is 4.79 Å². The van der Waals surface area contributed by atoms with Crippen molar-refractivity contribution in [2.75, 3.05) is 12.3 Å². The topological polar surface area (TPSA) is 29.4 Å². The third-order valence-electron chi connectivity index (χ3n) is 1.51. The van der Waals surface area contributed by atoms with E-state index in [1.165, 1.54) is 12.6 Å². The minimum Gasteiger partial charge on any atom is -0.211 e. The Balaban J connectivity index is 2.31. The van der Waals surface area contributed by atoms with Crippen LogP contribution in [0.25, 0.3) is 0 Å². The fraction of sp³-hybridized carbons (Fsp3) is 0.833. The molecule has 1 heterocycles. The van der Waals surface area contributed by atoms with Gasteiger partial charge in [-0.25, -0.2) is 9.79 Å². The number of isocyanates is 1. The lowest BCUT2D eigenvalue weighted by atomic mass is 10.2. The molecule has 1 rings (SSSR count). The molecule has 1 fully saturated rings. The molecule has 0 bridgehead atoms. The quantitative estimate of drug-likeness (QED) is 0.307. The average molecular weight is 143 g/mol. The van der Waals surface area contributed by atoms with Crippen LogP contribution in [-0.4, -0.2) is 24.4 Å². The summed E-state index contributed by atoms with van der Waals surface area (Å²) in [6.07, 6.45) is 6.42. The van der Waals surface area contributed by atoms with E-state index in [1.54, 1.807) is 6.08 Å². The average Bonchev–Trinajstić information content (AvgIpc) is 1.91. The molecule has 0 amide bonds. The minimum absolute atomic E-state index is 0.314. The lowest BCUT2D eigenvalue weighted by Gasteiger charge is -2.15. The fourth-order valence-corrected chi connectivity index (χ4v) is 2.31. The Bertz CT molecular complexity index is 125. The van der Waals surface area contributed by atoms with Crippen LogP contribution in [0.1, 0.15) is 12.8 Å². The number of hydrogen-bond donors (Lipinski definition) is 0. The second kappa shape index (κ2) is 3.76. The molecule has 3 heteroatoms. The Labute approximate surface area is 56.5 Å². The summed E-state index contributed by atoms with van der Waals surface area (Å²) in [4.78, 5) is 13.5. The van der Waals surface area contributed by atoms with Crippen LogP contribution in [0, 0.1) is 0 Å². The van der Waals surface area contributed by atoms with Crippen molar-refractivity contribution in [2.45, 2.75) is 18.9 Å². The van der Waals surface area contributed by atoms with Gasteiger partial charge in [0.15, 0.2) is 0 Å². The van der Waals surface area contributed by atoms with Crippen molar-refractivity contribution in [3.8, 4) is 0 Å². The lowest BCUT2D eigenvalue weighted by molar-refractivity contribution is 0.553. The number of carbonyl (C=O) groups excluding carboxylic acids is 1. The fourth-order valence-electron chi connectivity index (χ4n) is 1.02. The van der Waals surface area contributed by atoms with E-state index in [0.29, 0.717) is 6.04 Å². The first kappa shape index (κ1) is 6.92. The summed E-state index contributed by atoms with van der Waals surface area (Å²) >= 11 is 0. The summed E-state index contributed by atoms with van der Waals surface area (Å²) in [6.45, 7) is 0. The molecule has 2 unspecified atom stereocenters. The summed E-state index contributed by atoms with van der Waals surface area (Å²) < 4.78 is 0. The van der Waals surface area contributed by atoms with Crippen LogP contribution in [0.4, 0.5) is 0 Å². The maximum Gasteiger partial charge on any atom is 0.235 e. The van der Waals surface area contributed by atoms with Gasteiger partial charge in [-0.3, -0.25) is 0 Å². The number of aliphatic imine (C=N–C) groups is 1. The van der Waals surface area contributed by atoms with Gasteiger partial charge in [0, 0.05) is 0 Å². The molecule has 0 aromatic heterocycles. The monoisotopic (exact) mass is 143 g/mol. The van der Waals surface area contributed by atoms with Gasteiger partial charge in [0.05, 0.1) is 6.04 Å². The highest BCUT2D eigenvalue weighted by atomic mass is 31.1. The van der Waals surface area contributed by atoms with Crippen molar-refractivity contribution in [1.29, 1.82) is 0 Å². The summed E-state index contributed by atoms with van der Waals surface area (Å²) in [5.41, 5.74) is 0. The maximum atomic E-state index is 9.78. The summed E-state index contributed by atoms with van der Waals surface area (Å²) in [5.74, 6) is 0. The molecule has 1 saturated heterocycles. The lowest BCUT2D eigenvalue weighted by Crippen LogP contribution is -2.11. The molecule has 0 radical (unpaired) electrons. The zero-order valence-corrected chi connectivity index (χ0v) is 6.26. The van der Waals surface area contributed by atoms with Gasteiger partial charge in [-0.05, 0) is 25.2 Å².